The first-order valence-corrected chi connectivity index (χ1v) is 5.48. The summed E-state index contributed by atoms with van der Waals surface area (Å²) in [6.45, 7) is 1.84. The van der Waals surface area contributed by atoms with E-state index in [-0.39, 0.29) is 12.2 Å². The van der Waals surface area contributed by atoms with Crippen molar-refractivity contribution < 1.29 is 18.7 Å². The first kappa shape index (κ1) is 12.8. The van der Waals surface area contributed by atoms with Gasteiger partial charge in [-0.3, -0.25) is 9.59 Å². The van der Waals surface area contributed by atoms with Gasteiger partial charge < -0.3 is 4.74 Å². The molecular formula is C11H10BrFO3. The Morgan fingerprint density at radius 3 is 2.69 bits per heavy atom. The van der Waals surface area contributed by atoms with Gasteiger partial charge in [-0.05, 0) is 35.0 Å². The van der Waals surface area contributed by atoms with Crippen LogP contribution in [0.2, 0.25) is 0 Å². The standard InChI is InChI=1S/C11H10BrFO3/c1-2-16-10(15)6-9(14)11-7(12)4-3-5-8(11)13/h3-5H,2,6H2,1H3. The molecule has 5 heteroatoms. The minimum atomic E-state index is -0.650. The molecule has 86 valence electrons. The van der Waals surface area contributed by atoms with Crippen molar-refractivity contribution in [2.45, 2.75) is 13.3 Å². The van der Waals surface area contributed by atoms with Crippen molar-refractivity contribution in [3.8, 4) is 0 Å². The SMILES string of the molecule is CCOC(=O)CC(=O)c1c(F)cccc1Br. The molecule has 0 aliphatic carbocycles. The Bertz CT molecular complexity index is 397. The van der Waals surface area contributed by atoms with E-state index < -0.39 is 24.0 Å². The van der Waals surface area contributed by atoms with E-state index in [0.29, 0.717) is 4.47 Å². The quantitative estimate of drug-likeness (QED) is 0.486. The van der Waals surface area contributed by atoms with Gasteiger partial charge in [0.1, 0.15) is 12.2 Å². The average Bonchev–Trinajstić information content (AvgIpc) is 2.17. The monoisotopic (exact) mass is 288 g/mol. The van der Waals surface area contributed by atoms with Crippen molar-refractivity contribution >= 4 is 27.7 Å². The number of ether oxygens (including phenoxy) is 1. The molecule has 0 aliphatic heterocycles. The summed E-state index contributed by atoms with van der Waals surface area (Å²) in [6, 6.07) is 4.19. The van der Waals surface area contributed by atoms with Crippen molar-refractivity contribution in [2.24, 2.45) is 0 Å². The number of ketones is 1. The number of rotatable bonds is 4. The highest BCUT2D eigenvalue weighted by atomic mass is 79.9. The molecule has 0 radical (unpaired) electrons. The predicted molar refractivity (Wildman–Crippen MR) is 59.7 cm³/mol. The number of halogens is 2. The molecular weight excluding hydrogens is 279 g/mol. The molecule has 0 unspecified atom stereocenters. The summed E-state index contributed by atoms with van der Waals surface area (Å²) in [5, 5.41) is 0. The van der Waals surface area contributed by atoms with Crippen molar-refractivity contribution in [3.63, 3.8) is 0 Å². The zero-order chi connectivity index (χ0) is 12.1. The van der Waals surface area contributed by atoms with Crippen LogP contribution in [0.15, 0.2) is 22.7 Å². The van der Waals surface area contributed by atoms with E-state index in [4.69, 9.17) is 0 Å². The molecule has 1 aromatic carbocycles. The average molecular weight is 289 g/mol. The third-order valence-corrected chi connectivity index (χ3v) is 2.51. The molecule has 1 rings (SSSR count). The number of esters is 1. The van der Waals surface area contributed by atoms with Gasteiger partial charge in [-0.1, -0.05) is 6.07 Å². The maximum Gasteiger partial charge on any atom is 0.313 e. The third-order valence-electron chi connectivity index (χ3n) is 1.85. The molecule has 0 saturated heterocycles. The fraction of sp³-hybridized carbons (Fsp3) is 0.273. The summed E-state index contributed by atoms with van der Waals surface area (Å²) in [7, 11) is 0. The van der Waals surface area contributed by atoms with E-state index in [9.17, 15) is 14.0 Å². The van der Waals surface area contributed by atoms with Crippen LogP contribution in [-0.4, -0.2) is 18.4 Å². The van der Waals surface area contributed by atoms with Gasteiger partial charge in [0.05, 0.1) is 12.2 Å². The maximum atomic E-state index is 13.3. The number of carbonyl (C=O) groups is 2. The Kier molecular flexibility index (Phi) is 4.61. The molecule has 0 atom stereocenters. The molecule has 0 amide bonds. The van der Waals surface area contributed by atoms with Crippen LogP contribution in [0.1, 0.15) is 23.7 Å². The molecule has 0 aliphatic rings. The van der Waals surface area contributed by atoms with Crippen molar-refractivity contribution in [1.82, 2.24) is 0 Å². The first-order chi connectivity index (χ1) is 7.56. The normalized spacial score (nSPS) is 9.94. The molecule has 1 aromatic rings. The van der Waals surface area contributed by atoms with Crippen LogP contribution >= 0.6 is 15.9 Å². The second kappa shape index (κ2) is 5.75. The van der Waals surface area contributed by atoms with Crippen LogP contribution in [0.5, 0.6) is 0 Å². The van der Waals surface area contributed by atoms with Gasteiger partial charge in [0.15, 0.2) is 5.78 Å². The van der Waals surface area contributed by atoms with Crippen LogP contribution in [0, 0.1) is 5.82 Å². The molecule has 0 heterocycles. The number of carbonyl (C=O) groups excluding carboxylic acids is 2. The molecule has 0 N–H and O–H groups in total. The highest BCUT2D eigenvalue weighted by Crippen LogP contribution is 2.21. The predicted octanol–water partition coefficient (Wildman–Crippen LogP) is 2.72. The van der Waals surface area contributed by atoms with Crippen LogP contribution in [0.3, 0.4) is 0 Å². The Morgan fingerprint density at radius 1 is 1.44 bits per heavy atom. The lowest BCUT2D eigenvalue weighted by atomic mass is 10.1. The van der Waals surface area contributed by atoms with Crippen LogP contribution in [0.25, 0.3) is 0 Å². The first-order valence-electron chi connectivity index (χ1n) is 4.69. The summed E-state index contributed by atoms with van der Waals surface area (Å²) >= 11 is 3.06. The lowest BCUT2D eigenvalue weighted by Gasteiger charge is -2.04. The third kappa shape index (κ3) is 3.13. The maximum absolute atomic E-state index is 13.3. The van der Waals surface area contributed by atoms with E-state index in [1.807, 2.05) is 0 Å². The Hall–Kier alpha value is -1.23. The molecule has 3 nitrogen and oxygen atoms in total. The van der Waals surface area contributed by atoms with Crippen LogP contribution in [0.4, 0.5) is 4.39 Å². The molecule has 16 heavy (non-hydrogen) atoms. The molecule has 0 fully saturated rings. The van der Waals surface area contributed by atoms with Crippen molar-refractivity contribution in [3.05, 3.63) is 34.1 Å². The van der Waals surface area contributed by atoms with Gasteiger partial charge in [-0.2, -0.15) is 0 Å². The number of benzene rings is 1. The van der Waals surface area contributed by atoms with E-state index >= 15 is 0 Å². The summed E-state index contributed by atoms with van der Waals surface area (Å²) in [4.78, 5) is 22.7. The fourth-order valence-corrected chi connectivity index (χ4v) is 1.76. The Balaban J connectivity index is 2.85. The van der Waals surface area contributed by atoms with Gasteiger partial charge in [-0.25, -0.2) is 4.39 Å². The summed E-state index contributed by atoms with van der Waals surface area (Å²) in [5.41, 5.74) is -0.115. The lowest BCUT2D eigenvalue weighted by Crippen LogP contribution is -2.13. The van der Waals surface area contributed by atoms with Crippen LogP contribution < -0.4 is 0 Å². The second-order valence-corrected chi connectivity index (χ2v) is 3.86. The molecule has 0 saturated carbocycles. The van der Waals surface area contributed by atoms with Gasteiger partial charge in [0, 0.05) is 4.47 Å². The van der Waals surface area contributed by atoms with Gasteiger partial charge in [-0.15, -0.1) is 0 Å². The smallest absolute Gasteiger partial charge is 0.313 e. The summed E-state index contributed by atoms with van der Waals surface area (Å²) in [5.74, 6) is -1.89. The minimum absolute atomic E-state index is 0.115. The highest BCUT2D eigenvalue weighted by molar-refractivity contribution is 9.10. The topological polar surface area (TPSA) is 43.4 Å². The van der Waals surface area contributed by atoms with E-state index in [0.717, 1.165) is 0 Å². The van der Waals surface area contributed by atoms with E-state index in [1.165, 1.54) is 12.1 Å². The molecule has 0 bridgehead atoms. The van der Waals surface area contributed by atoms with Gasteiger partial charge in [0.25, 0.3) is 0 Å². The number of hydrogen-bond donors (Lipinski definition) is 0. The van der Waals surface area contributed by atoms with Crippen molar-refractivity contribution in [2.75, 3.05) is 6.61 Å². The fourth-order valence-electron chi connectivity index (χ4n) is 1.20. The van der Waals surface area contributed by atoms with Gasteiger partial charge in [0.2, 0.25) is 0 Å². The number of Topliss-reactive ketones (excluding diaryl/α,β-unsaturated/α-hetero) is 1. The second-order valence-electron chi connectivity index (χ2n) is 3.00. The lowest BCUT2D eigenvalue weighted by molar-refractivity contribution is -0.141. The highest BCUT2D eigenvalue weighted by Gasteiger charge is 2.18. The zero-order valence-electron chi connectivity index (χ0n) is 8.63. The largest absolute Gasteiger partial charge is 0.466 e. The minimum Gasteiger partial charge on any atom is -0.466 e. The van der Waals surface area contributed by atoms with Crippen LogP contribution in [-0.2, 0) is 9.53 Å². The summed E-state index contributed by atoms with van der Waals surface area (Å²) in [6.07, 6.45) is -0.451. The Morgan fingerprint density at radius 2 is 2.12 bits per heavy atom. The molecule has 0 spiro atoms. The summed E-state index contributed by atoms with van der Waals surface area (Å²) < 4.78 is 18.3. The molecule has 0 aromatic heterocycles. The Labute approximate surface area is 101 Å². The number of hydrogen-bond acceptors (Lipinski definition) is 3. The van der Waals surface area contributed by atoms with E-state index in [1.54, 1.807) is 13.0 Å². The van der Waals surface area contributed by atoms with E-state index in [2.05, 4.69) is 20.7 Å². The zero-order valence-corrected chi connectivity index (χ0v) is 10.2. The van der Waals surface area contributed by atoms with Crippen molar-refractivity contribution in [1.29, 1.82) is 0 Å². The van der Waals surface area contributed by atoms with Gasteiger partial charge >= 0.3 is 5.97 Å².